The monoisotopic (exact) mass is 304 g/mol. The molecule has 112 valence electrons. The van der Waals surface area contributed by atoms with Crippen LogP contribution in [0.25, 0.3) is 28.0 Å². The van der Waals surface area contributed by atoms with E-state index in [1.807, 2.05) is 36.4 Å². The van der Waals surface area contributed by atoms with Crippen molar-refractivity contribution in [2.45, 2.75) is 0 Å². The highest BCUT2D eigenvalue weighted by molar-refractivity contribution is 5.93. The smallest absolute Gasteiger partial charge is 0.223 e. The lowest BCUT2D eigenvalue weighted by atomic mass is 10.1. The van der Waals surface area contributed by atoms with Gasteiger partial charge in [0.2, 0.25) is 5.43 Å². The Morgan fingerprint density at radius 2 is 2.04 bits per heavy atom. The van der Waals surface area contributed by atoms with Crippen molar-refractivity contribution < 1.29 is 5.11 Å². The normalized spacial score (nSPS) is 11.0. The summed E-state index contributed by atoms with van der Waals surface area (Å²) >= 11 is 0. The van der Waals surface area contributed by atoms with E-state index >= 15 is 0 Å². The van der Waals surface area contributed by atoms with Gasteiger partial charge in [-0.25, -0.2) is 4.98 Å². The average Bonchev–Trinajstić information content (AvgIpc) is 3.06. The molecule has 0 bridgehead atoms. The molecular weight excluding hydrogens is 292 g/mol. The van der Waals surface area contributed by atoms with E-state index in [2.05, 4.69) is 15.2 Å². The fourth-order valence-corrected chi connectivity index (χ4v) is 2.61. The van der Waals surface area contributed by atoms with Crippen molar-refractivity contribution in [2.75, 3.05) is 0 Å². The third-order valence-corrected chi connectivity index (χ3v) is 3.69. The molecule has 0 unspecified atom stereocenters. The zero-order chi connectivity index (χ0) is 15.8. The van der Waals surface area contributed by atoms with Gasteiger partial charge in [0.15, 0.2) is 5.75 Å². The fourth-order valence-electron chi connectivity index (χ4n) is 2.61. The Morgan fingerprint density at radius 1 is 1.13 bits per heavy atom. The van der Waals surface area contributed by atoms with Crippen molar-refractivity contribution in [1.82, 2.24) is 19.7 Å². The van der Waals surface area contributed by atoms with Crippen LogP contribution >= 0.6 is 0 Å². The Labute approximate surface area is 130 Å². The summed E-state index contributed by atoms with van der Waals surface area (Å²) < 4.78 is 1.69. The van der Waals surface area contributed by atoms with E-state index in [0.29, 0.717) is 11.5 Å². The van der Waals surface area contributed by atoms with Crippen molar-refractivity contribution in [1.29, 1.82) is 0 Å². The summed E-state index contributed by atoms with van der Waals surface area (Å²) in [5.74, 6) is 0.289. The summed E-state index contributed by atoms with van der Waals surface area (Å²) in [5, 5.41) is 17.7. The number of rotatable bonds is 2. The van der Waals surface area contributed by atoms with Gasteiger partial charge >= 0.3 is 0 Å². The molecule has 0 saturated heterocycles. The number of nitrogens with one attached hydrogen (secondary N) is 1. The number of aromatic hydroxyl groups is 1. The lowest BCUT2D eigenvalue weighted by molar-refractivity contribution is 0.465. The Kier molecular flexibility index (Phi) is 2.94. The highest BCUT2D eigenvalue weighted by Gasteiger charge is 2.13. The number of benzene rings is 1. The topological polar surface area (TPSA) is 83.8 Å². The average molecular weight is 304 g/mol. The molecule has 0 aliphatic carbocycles. The summed E-state index contributed by atoms with van der Waals surface area (Å²) in [5.41, 5.74) is 1.90. The molecule has 2 N–H and O–H groups in total. The first-order valence-corrected chi connectivity index (χ1v) is 7.03. The molecule has 1 aromatic carbocycles. The molecule has 3 aromatic heterocycles. The first-order chi connectivity index (χ1) is 11.2. The van der Waals surface area contributed by atoms with Gasteiger partial charge in [0.1, 0.15) is 5.82 Å². The van der Waals surface area contributed by atoms with Crippen LogP contribution in [0, 0.1) is 0 Å². The van der Waals surface area contributed by atoms with Gasteiger partial charge < -0.3 is 5.11 Å². The summed E-state index contributed by atoms with van der Waals surface area (Å²) in [4.78, 5) is 16.3. The molecule has 0 atom stereocenters. The molecule has 4 aromatic rings. The predicted molar refractivity (Wildman–Crippen MR) is 86.6 cm³/mol. The zero-order valence-corrected chi connectivity index (χ0v) is 12.0. The molecule has 6 heteroatoms. The molecule has 0 aliphatic rings. The van der Waals surface area contributed by atoms with Gasteiger partial charge in [-0.15, -0.1) is 0 Å². The highest BCUT2D eigenvalue weighted by Crippen LogP contribution is 2.29. The first kappa shape index (κ1) is 13.3. The second-order valence-corrected chi connectivity index (χ2v) is 5.10. The lowest BCUT2D eigenvalue weighted by Gasteiger charge is -2.14. The Hall–Kier alpha value is -3.41. The van der Waals surface area contributed by atoms with Gasteiger partial charge in [-0.1, -0.05) is 18.2 Å². The molecule has 0 aliphatic heterocycles. The molecule has 23 heavy (non-hydrogen) atoms. The van der Waals surface area contributed by atoms with Crippen LogP contribution in [0.2, 0.25) is 0 Å². The molecule has 0 radical (unpaired) electrons. The maximum atomic E-state index is 12.0. The minimum Gasteiger partial charge on any atom is -0.503 e. The standard InChI is InChI=1S/C17H12N4O2/c22-15-8-14(11-4-3-5-13-12(11)9-19-20-13)21(10-16(15)23)17-6-1-2-7-18-17/h1-10,23H,(H,19,20). The molecular formula is C17H12N4O2. The summed E-state index contributed by atoms with van der Waals surface area (Å²) in [7, 11) is 0. The van der Waals surface area contributed by atoms with Crippen LogP contribution in [0.15, 0.2) is 65.8 Å². The van der Waals surface area contributed by atoms with Crippen LogP contribution < -0.4 is 5.43 Å². The SMILES string of the molecule is O=c1cc(-c2cccc3[nH]ncc23)n(-c2ccccn2)cc1O. The van der Waals surface area contributed by atoms with Crippen LogP contribution in [-0.2, 0) is 0 Å². The minimum atomic E-state index is -0.437. The molecule has 0 fully saturated rings. The van der Waals surface area contributed by atoms with E-state index in [1.165, 1.54) is 12.3 Å². The number of pyridine rings is 2. The molecule has 4 rings (SSSR count). The summed E-state index contributed by atoms with van der Waals surface area (Å²) in [6.45, 7) is 0. The second-order valence-electron chi connectivity index (χ2n) is 5.10. The van der Waals surface area contributed by atoms with Gasteiger partial charge in [0.25, 0.3) is 0 Å². The van der Waals surface area contributed by atoms with Gasteiger partial charge in [0.05, 0.1) is 23.6 Å². The first-order valence-electron chi connectivity index (χ1n) is 7.03. The molecule has 0 spiro atoms. The van der Waals surface area contributed by atoms with Crippen molar-refractivity contribution in [3.63, 3.8) is 0 Å². The van der Waals surface area contributed by atoms with Gasteiger partial charge in [-0.3, -0.25) is 14.5 Å². The Balaban J connectivity index is 2.07. The van der Waals surface area contributed by atoms with Crippen LogP contribution in [0.4, 0.5) is 0 Å². The maximum absolute atomic E-state index is 12.0. The summed E-state index contributed by atoms with van der Waals surface area (Å²) in [6.07, 6.45) is 4.76. The van der Waals surface area contributed by atoms with E-state index in [1.54, 1.807) is 17.0 Å². The number of aromatic nitrogens is 4. The number of hydrogen-bond acceptors (Lipinski definition) is 4. The largest absolute Gasteiger partial charge is 0.503 e. The van der Waals surface area contributed by atoms with E-state index < -0.39 is 5.43 Å². The van der Waals surface area contributed by atoms with Gasteiger partial charge in [0, 0.05) is 23.2 Å². The number of nitrogens with zero attached hydrogens (tertiary/aromatic N) is 3. The van der Waals surface area contributed by atoms with E-state index in [9.17, 15) is 9.90 Å². The lowest BCUT2D eigenvalue weighted by Crippen LogP contribution is -2.09. The predicted octanol–water partition coefficient (Wildman–Crippen LogP) is 2.48. The van der Waals surface area contributed by atoms with Crippen LogP contribution in [-0.4, -0.2) is 24.9 Å². The number of fused-ring (bicyclic) bond motifs is 1. The quantitative estimate of drug-likeness (QED) is 0.596. The van der Waals surface area contributed by atoms with Crippen molar-refractivity contribution >= 4 is 10.9 Å². The number of aromatic amines is 1. The molecule has 0 amide bonds. The fraction of sp³-hybridized carbons (Fsp3) is 0. The third kappa shape index (κ3) is 2.17. The maximum Gasteiger partial charge on any atom is 0.223 e. The Morgan fingerprint density at radius 3 is 2.87 bits per heavy atom. The summed E-state index contributed by atoms with van der Waals surface area (Å²) in [6, 6.07) is 12.6. The Bertz CT molecular complexity index is 1050. The van der Waals surface area contributed by atoms with E-state index in [-0.39, 0.29) is 5.75 Å². The molecule has 3 heterocycles. The number of hydrogen-bond donors (Lipinski definition) is 2. The van der Waals surface area contributed by atoms with Crippen LogP contribution in [0.3, 0.4) is 0 Å². The number of H-pyrrole nitrogens is 1. The minimum absolute atomic E-state index is 0.321. The van der Waals surface area contributed by atoms with E-state index in [4.69, 9.17) is 0 Å². The molecule has 0 saturated carbocycles. The third-order valence-electron chi connectivity index (χ3n) is 3.69. The van der Waals surface area contributed by atoms with Crippen molar-refractivity contribution in [2.24, 2.45) is 0 Å². The van der Waals surface area contributed by atoms with Gasteiger partial charge in [-0.05, 0) is 18.2 Å². The van der Waals surface area contributed by atoms with Crippen molar-refractivity contribution in [3.05, 3.63) is 71.3 Å². The zero-order valence-electron chi connectivity index (χ0n) is 12.0. The van der Waals surface area contributed by atoms with E-state index in [0.717, 1.165) is 16.5 Å². The highest BCUT2D eigenvalue weighted by atomic mass is 16.3. The van der Waals surface area contributed by atoms with Crippen molar-refractivity contribution in [3.8, 4) is 22.8 Å². The molecule has 6 nitrogen and oxygen atoms in total. The second kappa shape index (κ2) is 5.10. The van der Waals surface area contributed by atoms with Crippen LogP contribution in [0.1, 0.15) is 0 Å². The van der Waals surface area contributed by atoms with Crippen LogP contribution in [0.5, 0.6) is 5.75 Å². The van der Waals surface area contributed by atoms with Gasteiger partial charge in [-0.2, -0.15) is 5.10 Å².